The maximum Gasteiger partial charge on any atom is 0.122 e. The highest BCUT2D eigenvalue weighted by atomic mass is 79.9. The molecule has 0 heterocycles. The van der Waals surface area contributed by atoms with Gasteiger partial charge in [-0.15, -0.1) is 0 Å². The van der Waals surface area contributed by atoms with Crippen molar-refractivity contribution in [3.63, 3.8) is 0 Å². The zero-order valence-corrected chi connectivity index (χ0v) is 11.9. The van der Waals surface area contributed by atoms with Crippen LogP contribution in [0.5, 0.6) is 5.75 Å². The topological polar surface area (TPSA) is 12.5 Å². The summed E-state index contributed by atoms with van der Waals surface area (Å²) < 4.78 is 6.74. The molecule has 0 N–H and O–H groups in total. The molecule has 90 valence electrons. The Balaban J connectivity index is 2.64. The summed E-state index contributed by atoms with van der Waals surface area (Å²) in [7, 11) is 4.20. The normalized spacial score (nSPS) is 10.8. The minimum atomic E-state index is 0.725. The Morgan fingerprint density at radius 3 is 2.69 bits per heavy atom. The minimum absolute atomic E-state index is 0.725. The quantitative estimate of drug-likeness (QED) is 0.795. The molecule has 0 aliphatic rings. The maximum absolute atomic E-state index is 5.62. The lowest BCUT2D eigenvalue weighted by atomic mass is 10.1. The molecule has 1 aromatic rings. The van der Waals surface area contributed by atoms with E-state index in [0.29, 0.717) is 0 Å². The lowest BCUT2D eigenvalue weighted by Gasteiger charge is -2.12. The third-order valence-electron chi connectivity index (χ3n) is 2.37. The van der Waals surface area contributed by atoms with E-state index in [1.54, 1.807) is 0 Å². The number of hydrogen-bond donors (Lipinski definition) is 0. The van der Waals surface area contributed by atoms with Crippen molar-refractivity contribution in [2.24, 2.45) is 0 Å². The van der Waals surface area contributed by atoms with Crippen molar-refractivity contribution in [1.82, 2.24) is 4.90 Å². The average molecular weight is 286 g/mol. The Hall–Kier alpha value is -0.540. The van der Waals surface area contributed by atoms with E-state index in [4.69, 9.17) is 4.74 Å². The van der Waals surface area contributed by atoms with Gasteiger partial charge in [-0.05, 0) is 64.2 Å². The molecular formula is C13H20BrNO. The van der Waals surface area contributed by atoms with Crippen molar-refractivity contribution in [3.05, 3.63) is 28.2 Å². The van der Waals surface area contributed by atoms with Gasteiger partial charge >= 0.3 is 0 Å². The molecule has 16 heavy (non-hydrogen) atoms. The molecule has 0 bridgehead atoms. The van der Waals surface area contributed by atoms with Crippen molar-refractivity contribution in [3.8, 4) is 5.75 Å². The highest BCUT2D eigenvalue weighted by Crippen LogP contribution is 2.24. The first-order chi connectivity index (χ1) is 7.63. The number of hydrogen-bond acceptors (Lipinski definition) is 2. The van der Waals surface area contributed by atoms with Gasteiger partial charge in [0.2, 0.25) is 0 Å². The number of benzene rings is 1. The van der Waals surface area contributed by atoms with E-state index in [2.05, 4.69) is 41.0 Å². The first kappa shape index (κ1) is 13.5. The van der Waals surface area contributed by atoms with Crippen LogP contribution < -0.4 is 4.74 Å². The third-order valence-corrected chi connectivity index (χ3v) is 2.87. The molecule has 0 aliphatic carbocycles. The largest absolute Gasteiger partial charge is 0.494 e. The fraction of sp³-hybridized carbons (Fsp3) is 0.538. The molecule has 0 radical (unpaired) electrons. The van der Waals surface area contributed by atoms with Crippen LogP contribution in [0, 0.1) is 0 Å². The van der Waals surface area contributed by atoms with Crippen LogP contribution in [0.15, 0.2) is 22.7 Å². The van der Waals surface area contributed by atoms with Gasteiger partial charge in [0.25, 0.3) is 0 Å². The predicted molar refractivity (Wildman–Crippen MR) is 72.2 cm³/mol. The Bertz CT molecular complexity index is 326. The molecule has 0 aliphatic heterocycles. The Morgan fingerprint density at radius 1 is 1.31 bits per heavy atom. The molecule has 2 nitrogen and oxygen atoms in total. The first-order valence-corrected chi connectivity index (χ1v) is 6.48. The summed E-state index contributed by atoms with van der Waals surface area (Å²) in [6.45, 7) is 3.85. The number of aryl methyl sites for hydroxylation is 1. The number of rotatable bonds is 6. The summed E-state index contributed by atoms with van der Waals surface area (Å²) in [5.41, 5.74) is 1.29. The monoisotopic (exact) mass is 285 g/mol. The fourth-order valence-electron chi connectivity index (χ4n) is 1.63. The molecule has 0 fully saturated rings. The maximum atomic E-state index is 5.62. The van der Waals surface area contributed by atoms with Gasteiger partial charge in [0, 0.05) is 4.47 Å². The van der Waals surface area contributed by atoms with Crippen LogP contribution in [0.2, 0.25) is 0 Å². The van der Waals surface area contributed by atoms with Gasteiger partial charge in [0.1, 0.15) is 5.75 Å². The van der Waals surface area contributed by atoms with Crippen LogP contribution in [-0.4, -0.2) is 32.1 Å². The molecule has 1 rings (SSSR count). The smallest absolute Gasteiger partial charge is 0.122 e. The first-order valence-electron chi connectivity index (χ1n) is 5.69. The van der Waals surface area contributed by atoms with E-state index in [9.17, 15) is 0 Å². The summed E-state index contributed by atoms with van der Waals surface area (Å²) in [4.78, 5) is 2.21. The standard InChI is InChI=1S/C13H20BrNO/c1-4-16-13-8-7-12(14)10-11(13)6-5-9-15(2)3/h7-8,10H,4-6,9H2,1-3H3. The third kappa shape index (κ3) is 4.54. The van der Waals surface area contributed by atoms with E-state index in [1.807, 2.05) is 19.1 Å². The summed E-state index contributed by atoms with van der Waals surface area (Å²) in [5, 5.41) is 0. The van der Waals surface area contributed by atoms with Gasteiger partial charge in [0.15, 0.2) is 0 Å². The van der Waals surface area contributed by atoms with Crippen molar-refractivity contribution in [1.29, 1.82) is 0 Å². The molecule has 0 saturated carbocycles. The Morgan fingerprint density at radius 2 is 2.06 bits per heavy atom. The Labute approximate surface area is 107 Å². The molecule has 0 spiro atoms. The number of halogens is 1. The molecule has 0 aromatic heterocycles. The lowest BCUT2D eigenvalue weighted by molar-refractivity contribution is 0.334. The van der Waals surface area contributed by atoms with Crippen LogP contribution in [-0.2, 0) is 6.42 Å². The molecule has 1 aromatic carbocycles. The van der Waals surface area contributed by atoms with E-state index in [1.165, 1.54) is 5.56 Å². The lowest BCUT2D eigenvalue weighted by Crippen LogP contribution is -2.13. The predicted octanol–water partition coefficient (Wildman–Crippen LogP) is 3.34. The van der Waals surface area contributed by atoms with E-state index >= 15 is 0 Å². The van der Waals surface area contributed by atoms with Crippen molar-refractivity contribution in [2.75, 3.05) is 27.2 Å². The van der Waals surface area contributed by atoms with Gasteiger partial charge in [-0.1, -0.05) is 15.9 Å². The summed E-state index contributed by atoms with van der Waals surface area (Å²) in [6.07, 6.45) is 2.22. The summed E-state index contributed by atoms with van der Waals surface area (Å²) >= 11 is 3.50. The second-order valence-corrected chi connectivity index (χ2v) is 5.01. The fourth-order valence-corrected chi connectivity index (χ4v) is 2.03. The van der Waals surface area contributed by atoms with Crippen LogP contribution in [0.4, 0.5) is 0 Å². The van der Waals surface area contributed by atoms with Gasteiger partial charge in [-0.25, -0.2) is 0 Å². The van der Waals surface area contributed by atoms with Gasteiger partial charge < -0.3 is 9.64 Å². The minimum Gasteiger partial charge on any atom is -0.494 e. The van der Waals surface area contributed by atoms with Crippen LogP contribution >= 0.6 is 15.9 Å². The number of nitrogens with zero attached hydrogens (tertiary/aromatic N) is 1. The molecule has 3 heteroatoms. The molecule has 0 atom stereocenters. The average Bonchev–Trinajstić information content (AvgIpc) is 2.21. The highest BCUT2D eigenvalue weighted by Gasteiger charge is 2.04. The second-order valence-electron chi connectivity index (χ2n) is 4.09. The summed E-state index contributed by atoms with van der Waals surface area (Å²) in [6, 6.07) is 6.22. The highest BCUT2D eigenvalue weighted by molar-refractivity contribution is 9.10. The van der Waals surface area contributed by atoms with E-state index < -0.39 is 0 Å². The van der Waals surface area contributed by atoms with Crippen molar-refractivity contribution in [2.45, 2.75) is 19.8 Å². The second kappa shape index (κ2) is 6.92. The van der Waals surface area contributed by atoms with E-state index in [0.717, 1.165) is 36.2 Å². The summed E-state index contributed by atoms with van der Waals surface area (Å²) in [5.74, 6) is 1.02. The van der Waals surface area contributed by atoms with Gasteiger partial charge in [0.05, 0.1) is 6.61 Å². The number of ether oxygens (including phenoxy) is 1. The SMILES string of the molecule is CCOc1ccc(Br)cc1CCCN(C)C. The zero-order valence-electron chi connectivity index (χ0n) is 10.3. The van der Waals surface area contributed by atoms with Crippen LogP contribution in [0.25, 0.3) is 0 Å². The van der Waals surface area contributed by atoms with Crippen molar-refractivity contribution >= 4 is 15.9 Å². The molecular weight excluding hydrogens is 266 g/mol. The molecule has 0 amide bonds. The van der Waals surface area contributed by atoms with Gasteiger partial charge in [-0.3, -0.25) is 0 Å². The van der Waals surface area contributed by atoms with Crippen LogP contribution in [0.1, 0.15) is 18.9 Å². The van der Waals surface area contributed by atoms with Crippen molar-refractivity contribution < 1.29 is 4.74 Å². The van der Waals surface area contributed by atoms with Crippen LogP contribution in [0.3, 0.4) is 0 Å². The molecule has 0 unspecified atom stereocenters. The molecule has 0 saturated heterocycles. The Kier molecular flexibility index (Phi) is 5.85. The van der Waals surface area contributed by atoms with E-state index in [-0.39, 0.29) is 0 Å². The van der Waals surface area contributed by atoms with Gasteiger partial charge in [-0.2, -0.15) is 0 Å². The zero-order chi connectivity index (χ0) is 12.0.